The zero-order chi connectivity index (χ0) is 19.4. The molecule has 144 valence electrons. The van der Waals surface area contributed by atoms with Gasteiger partial charge in [0, 0.05) is 31.1 Å². The molecular formula is C20H25N3O3S. The highest BCUT2D eigenvalue weighted by molar-refractivity contribution is 7.11. The fourth-order valence-electron chi connectivity index (χ4n) is 3.06. The highest BCUT2D eigenvalue weighted by Gasteiger charge is 2.25. The largest absolute Gasteiger partial charge is 0.484 e. The van der Waals surface area contributed by atoms with E-state index in [9.17, 15) is 9.59 Å². The van der Waals surface area contributed by atoms with Gasteiger partial charge in [-0.25, -0.2) is 4.98 Å². The van der Waals surface area contributed by atoms with Crippen LogP contribution in [-0.2, 0) is 16.0 Å². The third-order valence-electron chi connectivity index (χ3n) is 4.68. The monoisotopic (exact) mass is 387 g/mol. The van der Waals surface area contributed by atoms with E-state index in [0.29, 0.717) is 38.3 Å². The van der Waals surface area contributed by atoms with E-state index in [1.54, 1.807) is 16.2 Å². The number of amides is 2. The van der Waals surface area contributed by atoms with Gasteiger partial charge in [-0.1, -0.05) is 17.7 Å². The summed E-state index contributed by atoms with van der Waals surface area (Å²) >= 11 is 1.58. The van der Waals surface area contributed by atoms with E-state index in [-0.39, 0.29) is 18.4 Å². The van der Waals surface area contributed by atoms with Crippen LogP contribution in [0.3, 0.4) is 0 Å². The van der Waals surface area contributed by atoms with Crippen LogP contribution in [0.4, 0.5) is 0 Å². The summed E-state index contributed by atoms with van der Waals surface area (Å²) in [6, 6.07) is 7.64. The van der Waals surface area contributed by atoms with E-state index in [4.69, 9.17) is 4.74 Å². The van der Waals surface area contributed by atoms with Crippen molar-refractivity contribution in [2.24, 2.45) is 0 Å². The number of ether oxygens (including phenoxy) is 1. The quantitative estimate of drug-likeness (QED) is 0.790. The second kappa shape index (κ2) is 8.52. The Morgan fingerprint density at radius 3 is 2.15 bits per heavy atom. The maximum atomic E-state index is 12.5. The lowest BCUT2D eigenvalue weighted by Crippen LogP contribution is -2.52. The van der Waals surface area contributed by atoms with E-state index >= 15 is 0 Å². The molecule has 1 fully saturated rings. The molecule has 1 aromatic carbocycles. The normalized spacial score (nSPS) is 14.3. The van der Waals surface area contributed by atoms with Gasteiger partial charge in [0.2, 0.25) is 5.91 Å². The van der Waals surface area contributed by atoms with Crippen molar-refractivity contribution in [1.29, 1.82) is 0 Å². The van der Waals surface area contributed by atoms with Gasteiger partial charge in [-0.2, -0.15) is 0 Å². The minimum absolute atomic E-state index is 0.0242. The van der Waals surface area contributed by atoms with Crippen molar-refractivity contribution in [2.75, 3.05) is 32.8 Å². The van der Waals surface area contributed by atoms with Crippen molar-refractivity contribution >= 4 is 23.2 Å². The standard InChI is InChI=1S/C20H25N3O3S/c1-14-4-6-17(7-5-14)26-13-20(25)23-10-8-22(9-11-23)19(24)12-18-15(2)21-16(3)27-18/h4-7H,8-13H2,1-3H3. The molecule has 2 aromatic rings. The summed E-state index contributed by atoms with van der Waals surface area (Å²) < 4.78 is 5.57. The van der Waals surface area contributed by atoms with Gasteiger partial charge in [0.05, 0.1) is 17.1 Å². The summed E-state index contributed by atoms with van der Waals surface area (Å²) in [4.78, 5) is 33.9. The van der Waals surface area contributed by atoms with Crippen LogP contribution in [0.25, 0.3) is 0 Å². The number of carbonyl (C=O) groups is 2. The van der Waals surface area contributed by atoms with Crippen molar-refractivity contribution < 1.29 is 14.3 Å². The molecule has 2 heterocycles. The molecule has 0 spiro atoms. The molecule has 2 amide bonds. The summed E-state index contributed by atoms with van der Waals surface area (Å²) in [6.45, 7) is 8.14. The number of hydrogen-bond donors (Lipinski definition) is 0. The lowest BCUT2D eigenvalue weighted by atomic mass is 10.2. The predicted molar refractivity (Wildman–Crippen MR) is 105 cm³/mol. The number of hydrogen-bond acceptors (Lipinski definition) is 5. The van der Waals surface area contributed by atoms with Gasteiger partial charge < -0.3 is 14.5 Å². The molecule has 0 N–H and O–H groups in total. The number of benzene rings is 1. The lowest BCUT2D eigenvalue weighted by Gasteiger charge is -2.34. The average molecular weight is 388 g/mol. The molecule has 1 aliphatic heterocycles. The molecule has 7 heteroatoms. The van der Waals surface area contributed by atoms with Gasteiger partial charge >= 0.3 is 0 Å². The number of rotatable bonds is 5. The van der Waals surface area contributed by atoms with Crippen molar-refractivity contribution in [3.05, 3.63) is 45.4 Å². The number of nitrogens with zero attached hydrogens (tertiary/aromatic N) is 3. The molecule has 1 aromatic heterocycles. The van der Waals surface area contributed by atoms with Crippen LogP contribution in [0.15, 0.2) is 24.3 Å². The van der Waals surface area contributed by atoms with E-state index in [0.717, 1.165) is 21.1 Å². The third-order valence-corrected chi connectivity index (χ3v) is 5.75. The van der Waals surface area contributed by atoms with Crippen molar-refractivity contribution in [3.8, 4) is 5.75 Å². The third kappa shape index (κ3) is 5.07. The minimum Gasteiger partial charge on any atom is -0.484 e. The fraction of sp³-hybridized carbons (Fsp3) is 0.450. The summed E-state index contributed by atoms with van der Waals surface area (Å²) in [5.74, 6) is 0.749. The molecule has 3 rings (SSSR count). The Labute approximate surface area is 163 Å². The summed E-state index contributed by atoms with van der Waals surface area (Å²) in [7, 11) is 0. The summed E-state index contributed by atoms with van der Waals surface area (Å²) in [5, 5.41) is 0.985. The number of aryl methyl sites for hydroxylation is 3. The van der Waals surface area contributed by atoms with Gasteiger partial charge in [-0.05, 0) is 32.9 Å². The molecule has 0 unspecified atom stereocenters. The van der Waals surface area contributed by atoms with Crippen LogP contribution in [0, 0.1) is 20.8 Å². The fourth-order valence-corrected chi connectivity index (χ4v) is 3.99. The second-order valence-corrected chi connectivity index (χ2v) is 8.07. The van der Waals surface area contributed by atoms with Crippen molar-refractivity contribution in [1.82, 2.24) is 14.8 Å². The topological polar surface area (TPSA) is 62.7 Å². The molecule has 27 heavy (non-hydrogen) atoms. The van der Waals surface area contributed by atoms with Crippen LogP contribution >= 0.6 is 11.3 Å². The molecule has 0 bridgehead atoms. The zero-order valence-corrected chi connectivity index (χ0v) is 16.8. The number of thiazole rings is 1. The molecule has 0 aliphatic carbocycles. The van der Waals surface area contributed by atoms with Crippen LogP contribution in [0.2, 0.25) is 0 Å². The molecule has 0 atom stereocenters. The summed E-state index contributed by atoms with van der Waals surface area (Å²) in [6.07, 6.45) is 0.391. The van der Waals surface area contributed by atoms with Gasteiger partial charge in [-0.3, -0.25) is 9.59 Å². The molecule has 6 nitrogen and oxygen atoms in total. The van der Waals surface area contributed by atoms with E-state index in [1.165, 1.54) is 0 Å². The Morgan fingerprint density at radius 2 is 1.59 bits per heavy atom. The van der Waals surface area contributed by atoms with Gasteiger partial charge in [0.15, 0.2) is 6.61 Å². The first-order valence-electron chi connectivity index (χ1n) is 9.10. The SMILES string of the molecule is Cc1ccc(OCC(=O)N2CCN(C(=O)Cc3sc(C)nc3C)CC2)cc1. The highest BCUT2D eigenvalue weighted by Crippen LogP contribution is 2.19. The Bertz CT molecular complexity index is 808. The zero-order valence-electron chi connectivity index (χ0n) is 16.0. The minimum atomic E-state index is -0.0448. The molecule has 1 saturated heterocycles. The van der Waals surface area contributed by atoms with E-state index < -0.39 is 0 Å². The first-order chi connectivity index (χ1) is 12.9. The summed E-state index contributed by atoms with van der Waals surface area (Å²) in [5.41, 5.74) is 2.09. The van der Waals surface area contributed by atoms with E-state index in [2.05, 4.69) is 4.98 Å². The second-order valence-electron chi connectivity index (χ2n) is 6.78. The van der Waals surface area contributed by atoms with Crippen LogP contribution in [-0.4, -0.2) is 59.4 Å². The van der Waals surface area contributed by atoms with Gasteiger partial charge in [0.25, 0.3) is 5.91 Å². The molecular weight excluding hydrogens is 362 g/mol. The number of aromatic nitrogens is 1. The Balaban J connectivity index is 1.45. The Morgan fingerprint density at radius 1 is 1.00 bits per heavy atom. The highest BCUT2D eigenvalue weighted by atomic mass is 32.1. The number of piperazine rings is 1. The Kier molecular flexibility index (Phi) is 6.11. The smallest absolute Gasteiger partial charge is 0.260 e. The predicted octanol–water partition coefficient (Wildman–Crippen LogP) is 2.36. The first kappa shape index (κ1) is 19.4. The maximum Gasteiger partial charge on any atom is 0.260 e. The first-order valence-corrected chi connectivity index (χ1v) is 9.92. The van der Waals surface area contributed by atoms with Crippen molar-refractivity contribution in [2.45, 2.75) is 27.2 Å². The van der Waals surface area contributed by atoms with Crippen molar-refractivity contribution in [3.63, 3.8) is 0 Å². The Hall–Kier alpha value is -2.41. The van der Waals surface area contributed by atoms with E-state index in [1.807, 2.05) is 49.9 Å². The molecule has 1 aliphatic rings. The average Bonchev–Trinajstić information content (AvgIpc) is 2.98. The number of carbonyl (C=O) groups excluding carboxylic acids is 2. The molecule has 0 radical (unpaired) electrons. The maximum absolute atomic E-state index is 12.5. The van der Waals surface area contributed by atoms with Crippen LogP contribution in [0.1, 0.15) is 21.1 Å². The van der Waals surface area contributed by atoms with Gasteiger partial charge in [0.1, 0.15) is 5.75 Å². The lowest BCUT2D eigenvalue weighted by molar-refractivity contribution is -0.140. The molecule has 0 saturated carbocycles. The van der Waals surface area contributed by atoms with Crippen LogP contribution in [0.5, 0.6) is 5.75 Å². The van der Waals surface area contributed by atoms with Crippen LogP contribution < -0.4 is 4.74 Å². The van der Waals surface area contributed by atoms with Gasteiger partial charge in [-0.15, -0.1) is 11.3 Å².